The van der Waals surface area contributed by atoms with E-state index in [9.17, 15) is 19.2 Å². The highest BCUT2D eigenvalue weighted by atomic mass is 35.5. The maximum absolute atomic E-state index is 13.6. The third-order valence-electron chi connectivity index (χ3n) is 12.0. The molecule has 0 aliphatic heterocycles. The van der Waals surface area contributed by atoms with Crippen molar-refractivity contribution in [2.45, 2.75) is 78.1 Å². The molecule has 8 rings (SSSR count). The number of carbonyl (C=O) groups is 4. The zero-order valence-electron chi connectivity index (χ0n) is 41.6. The molecule has 0 N–H and O–H groups in total. The van der Waals surface area contributed by atoms with Crippen molar-refractivity contribution in [3.63, 3.8) is 0 Å². The van der Waals surface area contributed by atoms with Gasteiger partial charge in [0.25, 0.3) is 0 Å². The summed E-state index contributed by atoms with van der Waals surface area (Å²) in [6.45, 7) is 15.2. The second kappa shape index (κ2) is 21.7. The fraction of sp³-hybridized carbons (Fsp3) is 0.286. The van der Waals surface area contributed by atoms with E-state index in [2.05, 4.69) is 20.4 Å². The molecule has 15 nitrogen and oxygen atoms in total. The highest BCUT2D eigenvalue weighted by Gasteiger charge is 2.32. The van der Waals surface area contributed by atoms with E-state index in [4.69, 9.17) is 46.9 Å². The molecule has 0 spiro atoms. The van der Waals surface area contributed by atoms with Crippen molar-refractivity contribution < 1.29 is 42.9 Å². The number of hydrogen-bond acceptors (Lipinski definition) is 13. The topological polar surface area (TPSA) is 176 Å². The summed E-state index contributed by atoms with van der Waals surface area (Å²) < 4.78 is 29.4. The molecular formula is C56H54Cl2N6O9. The number of aromatic nitrogens is 6. The van der Waals surface area contributed by atoms with E-state index in [0.29, 0.717) is 76.9 Å². The first-order chi connectivity index (χ1) is 34.7. The van der Waals surface area contributed by atoms with Crippen molar-refractivity contribution in [2.75, 3.05) is 26.4 Å². The average molecular weight is 1030 g/mol. The smallest absolute Gasteiger partial charge is 0.343 e. The molecule has 376 valence electrons. The first kappa shape index (κ1) is 51.9. The molecule has 0 radical (unpaired) electrons. The molecule has 17 heteroatoms. The predicted octanol–water partition coefficient (Wildman–Crippen LogP) is 11.5. The molecule has 2 heterocycles. The van der Waals surface area contributed by atoms with E-state index in [0.717, 1.165) is 0 Å². The van der Waals surface area contributed by atoms with Crippen LogP contribution in [0.25, 0.3) is 33.4 Å². The number of benzene rings is 6. The molecule has 0 aliphatic carbocycles. The quantitative estimate of drug-likeness (QED) is 0.0508. The van der Waals surface area contributed by atoms with E-state index in [1.165, 1.54) is 9.59 Å². The Morgan fingerprint density at radius 2 is 0.863 bits per heavy atom. The summed E-state index contributed by atoms with van der Waals surface area (Å²) in [4.78, 5) is 57.1. The Bertz CT molecular complexity index is 3120. The standard InChI is InChI=1S/C56H54Cl2N6O9/c1-33(37-27-41(55(3,4)5)49(72-53(67)35-15-11-9-12-16-35)47(29-37)63-59-43-21-19-39(57)31-45(43)61-63)51(65)70-25-23-69-24-26-71-52(66)34(2)38-28-42(56(6,7)8)50(73-54(68)36-17-13-10-14-18-36)48(30-38)64-60-44-22-20-40(58)32-46(44)62-64/h9-22,27-34H,23-26H2,1-8H3. The second-order valence-corrected chi connectivity index (χ2v) is 20.4. The summed E-state index contributed by atoms with van der Waals surface area (Å²) >= 11 is 12.6. The molecule has 0 fully saturated rings. The Morgan fingerprint density at radius 3 is 1.23 bits per heavy atom. The van der Waals surface area contributed by atoms with Gasteiger partial charge in [0, 0.05) is 21.2 Å². The Balaban J connectivity index is 0.932. The summed E-state index contributed by atoms with van der Waals surface area (Å²) in [6, 6.07) is 34.7. The van der Waals surface area contributed by atoms with Crippen molar-refractivity contribution in [3.8, 4) is 22.9 Å². The minimum Gasteiger partial charge on any atom is -0.463 e. The van der Waals surface area contributed by atoms with E-state index < -0.39 is 46.5 Å². The first-order valence-electron chi connectivity index (χ1n) is 23.6. The lowest BCUT2D eigenvalue weighted by Gasteiger charge is -2.26. The number of halogens is 2. The van der Waals surface area contributed by atoms with Crippen molar-refractivity contribution in [3.05, 3.63) is 165 Å². The van der Waals surface area contributed by atoms with Crippen molar-refractivity contribution in [1.82, 2.24) is 30.0 Å². The number of nitrogens with zero attached hydrogens (tertiary/aromatic N) is 6. The average Bonchev–Trinajstić information content (AvgIpc) is 3.99. The highest BCUT2D eigenvalue weighted by molar-refractivity contribution is 6.31. The molecule has 0 saturated heterocycles. The molecule has 2 aromatic heterocycles. The van der Waals surface area contributed by atoms with E-state index >= 15 is 0 Å². The van der Waals surface area contributed by atoms with Gasteiger partial charge in [-0.25, -0.2) is 9.59 Å². The largest absolute Gasteiger partial charge is 0.463 e. The van der Waals surface area contributed by atoms with Gasteiger partial charge in [-0.1, -0.05) is 113 Å². The third-order valence-corrected chi connectivity index (χ3v) is 12.4. The fourth-order valence-corrected chi connectivity index (χ4v) is 8.20. The van der Waals surface area contributed by atoms with Crippen LogP contribution in [0.2, 0.25) is 10.0 Å². The van der Waals surface area contributed by atoms with Gasteiger partial charge in [-0.2, -0.15) is 0 Å². The van der Waals surface area contributed by atoms with Crippen molar-refractivity contribution in [1.29, 1.82) is 0 Å². The minimum absolute atomic E-state index is 0.0304. The van der Waals surface area contributed by atoms with Gasteiger partial charge in [-0.05, 0) is 109 Å². The van der Waals surface area contributed by atoms with Gasteiger partial charge in [-0.15, -0.1) is 30.0 Å². The molecule has 2 unspecified atom stereocenters. The monoisotopic (exact) mass is 1020 g/mol. The van der Waals surface area contributed by atoms with Crippen LogP contribution < -0.4 is 9.47 Å². The van der Waals surface area contributed by atoms with Crippen LogP contribution >= 0.6 is 23.2 Å². The van der Waals surface area contributed by atoms with Gasteiger partial charge >= 0.3 is 23.9 Å². The lowest BCUT2D eigenvalue weighted by atomic mass is 9.83. The molecule has 0 bridgehead atoms. The Labute approximate surface area is 432 Å². The Kier molecular flexibility index (Phi) is 15.4. The SMILES string of the molecule is CC(C(=O)OCCOCCOC(=O)C(C)c1cc(-n2nc3ccc(Cl)cc3n2)c(OC(=O)c2ccccc2)c(C(C)(C)C)c1)c1cc(-n2nc3ccc(Cl)cc3n2)c(OC(=O)c2ccccc2)c(C(C)(C)C)c1. The first-order valence-corrected chi connectivity index (χ1v) is 24.4. The molecule has 0 amide bonds. The highest BCUT2D eigenvalue weighted by Crippen LogP contribution is 2.41. The Hall–Kier alpha value is -7.46. The number of ether oxygens (including phenoxy) is 5. The van der Waals surface area contributed by atoms with Gasteiger partial charge in [0.05, 0.1) is 36.2 Å². The molecule has 8 aromatic rings. The Morgan fingerprint density at radius 1 is 0.493 bits per heavy atom. The van der Waals surface area contributed by atoms with Crippen LogP contribution in [0.3, 0.4) is 0 Å². The molecule has 6 aromatic carbocycles. The molecule has 2 atom stereocenters. The van der Waals surface area contributed by atoms with Gasteiger partial charge in [0.15, 0.2) is 11.5 Å². The van der Waals surface area contributed by atoms with Crippen LogP contribution in [0.15, 0.2) is 121 Å². The molecule has 0 aliphatic rings. The van der Waals surface area contributed by atoms with Crippen molar-refractivity contribution >= 4 is 69.1 Å². The summed E-state index contributed by atoms with van der Waals surface area (Å²) in [6.07, 6.45) is 0. The van der Waals surface area contributed by atoms with Gasteiger partial charge in [0.1, 0.15) is 46.7 Å². The number of carbonyl (C=O) groups excluding carboxylic acids is 4. The zero-order valence-corrected chi connectivity index (χ0v) is 43.2. The number of fused-ring (bicyclic) bond motifs is 2. The maximum atomic E-state index is 13.6. The third kappa shape index (κ3) is 12.1. The molecule has 0 saturated carbocycles. The molecule has 73 heavy (non-hydrogen) atoms. The minimum atomic E-state index is -0.772. The van der Waals surface area contributed by atoms with Crippen LogP contribution in [0.1, 0.15) is 110 Å². The summed E-state index contributed by atoms with van der Waals surface area (Å²) in [5.41, 5.74) is 4.87. The van der Waals surface area contributed by atoms with Gasteiger partial charge in [0.2, 0.25) is 0 Å². The summed E-state index contributed by atoms with van der Waals surface area (Å²) in [7, 11) is 0. The summed E-state index contributed by atoms with van der Waals surface area (Å²) in [5, 5.41) is 19.7. The van der Waals surface area contributed by atoms with Crippen LogP contribution in [-0.2, 0) is 34.6 Å². The van der Waals surface area contributed by atoms with E-state index in [-0.39, 0.29) is 37.9 Å². The van der Waals surface area contributed by atoms with Crippen LogP contribution in [0.5, 0.6) is 11.5 Å². The van der Waals surface area contributed by atoms with E-state index in [1.807, 2.05) is 65.8 Å². The lowest BCUT2D eigenvalue weighted by molar-refractivity contribution is -0.148. The number of hydrogen-bond donors (Lipinski definition) is 0. The van der Waals surface area contributed by atoms with Crippen LogP contribution in [0.4, 0.5) is 0 Å². The van der Waals surface area contributed by atoms with E-state index in [1.54, 1.807) is 111 Å². The van der Waals surface area contributed by atoms with Crippen molar-refractivity contribution in [2.24, 2.45) is 0 Å². The fourth-order valence-electron chi connectivity index (χ4n) is 7.87. The number of rotatable bonds is 16. The lowest BCUT2D eigenvalue weighted by Crippen LogP contribution is -2.22. The van der Waals surface area contributed by atoms with Crippen LogP contribution in [-0.4, -0.2) is 80.3 Å². The second-order valence-electron chi connectivity index (χ2n) is 19.5. The summed E-state index contributed by atoms with van der Waals surface area (Å²) in [5.74, 6) is -3.24. The van der Waals surface area contributed by atoms with Crippen LogP contribution in [0, 0.1) is 0 Å². The van der Waals surface area contributed by atoms with Gasteiger partial charge in [-0.3, -0.25) is 9.59 Å². The predicted molar refractivity (Wildman–Crippen MR) is 278 cm³/mol. The van der Waals surface area contributed by atoms with Gasteiger partial charge < -0.3 is 23.7 Å². The normalized spacial score (nSPS) is 12.6. The zero-order chi connectivity index (χ0) is 52.2. The molecular weight excluding hydrogens is 972 g/mol. The maximum Gasteiger partial charge on any atom is 0.343 e. The number of esters is 4.